The van der Waals surface area contributed by atoms with Crippen molar-refractivity contribution in [3.8, 4) is 11.4 Å². The Hall–Kier alpha value is -4.28. The van der Waals surface area contributed by atoms with E-state index >= 15 is 0 Å². The molecule has 1 amide bonds. The zero-order valence-corrected chi connectivity index (χ0v) is 23.4. The number of carbonyl (C=O) groups excluding carboxylic acids is 1. The van der Waals surface area contributed by atoms with Crippen LogP contribution in [0.1, 0.15) is 32.7 Å². The topological polar surface area (TPSA) is 153 Å². The van der Waals surface area contributed by atoms with Crippen LogP contribution in [0.5, 0.6) is 0 Å². The molecule has 4 aromatic heterocycles. The summed E-state index contributed by atoms with van der Waals surface area (Å²) in [6.07, 6.45) is 2.79. The summed E-state index contributed by atoms with van der Waals surface area (Å²) >= 11 is 0. The summed E-state index contributed by atoms with van der Waals surface area (Å²) in [5.41, 5.74) is 1.22. The van der Waals surface area contributed by atoms with E-state index in [0.29, 0.717) is 41.7 Å². The third kappa shape index (κ3) is 5.47. The summed E-state index contributed by atoms with van der Waals surface area (Å²) in [4.78, 5) is 27.2. The molecule has 0 atom stereocenters. The molecule has 1 saturated heterocycles. The average Bonchev–Trinajstić information content (AvgIpc) is 3.54. The van der Waals surface area contributed by atoms with Crippen LogP contribution in [0, 0.1) is 5.92 Å². The fourth-order valence-corrected chi connectivity index (χ4v) is 6.11. The maximum atomic E-state index is 12.5. The predicted molar refractivity (Wildman–Crippen MR) is 147 cm³/mol. The first-order valence-electron chi connectivity index (χ1n) is 13.3. The average molecular weight is 605 g/mol. The molecule has 0 radical (unpaired) electrons. The molecule has 4 aromatic rings. The Bertz CT molecular complexity index is 1760. The second-order valence-electron chi connectivity index (χ2n) is 10.6. The highest BCUT2D eigenvalue weighted by Crippen LogP contribution is 2.34. The van der Waals surface area contributed by atoms with Crippen molar-refractivity contribution >= 4 is 44.3 Å². The number of carbonyl (C=O) groups is 1. The number of nitrogens with zero attached hydrogens (tertiary/aromatic N) is 8. The molecule has 0 spiro atoms. The van der Waals surface area contributed by atoms with Crippen molar-refractivity contribution in [3.63, 3.8) is 0 Å². The van der Waals surface area contributed by atoms with Gasteiger partial charge in [-0.05, 0) is 32.8 Å². The van der Waals surface area contributed by atoms with Gasteiger partial charge in [0.25, 0.3) is 10.0 Å². The fraction of sp³-hybridized carbons (Fsp3) is 0.440. The number of halogens is 3. The minimum Gasteiger partial charge on any atom is -0.353 e. The van der Waals surface area contributed by atoms with Crippen LogP contribution in [-0.2, 0) is 14.8 Å². The first-order chi connectivity index (χ1) is 19.9. The number of alkyl halides is 3. The molecule has 0 aromatic carbocycles. The Morgan fingerprint density at radius 3 is 2.60 bits per heavy atom. The zero-order valence-electron chi connectivity index (χ0n) is 22.6. The molecule has 0 unspecified atom stereocenters. The second kappa shape index (κ2) is 10.2. The molecule has 2 aliphatic rings. The lowest BCUT2D eigenvalue weighted by Gasteiger charge is -2.38. The predicted octanol–water partition coefficient (Wildman–Crippen LogP) is 2.86. The molecule has 1 saturated carbocycles. The van der Waals surface area contributed by atoms with Gasteiger partial charge in [0, 0.05) is 37.6 Å². The number of anilines is 3. The van der Waals surface area contributed by atoms with Gasteiger partial charge in [-0.1, -0.05) is 0 Å². The summed E-state index contributed by atoms with van der Waals surface area (Å²) in [5.74, 6) is 0.589. The summed E-state index contributed by atoms with van der Waals surface area (Å²) in [6, 6.07) is 3.44. The van der Waals surface area contributed by atoms with Gasteiger partial charge in [0.15, 0.2) is 11.6 Å². The van der Waals surface area contributed by atoms with Gasteiger partial charge >= 0.3 is 6.18 Å². The third-order valence-corrected chi connectivity index (χ3v) is 9.05. The molecule has 6 rings (SSSR count). The summed E-state index contributed by atoms with van der Waals surface area (Å²) in [7, 11) is -3.51. The highest BCUT2D eigenvalue weighted by Gasteiger charge is 2.38. The Morgan fingerprint density at radius 1 is 1.14 bits per heavy atom. The molecule has 222 valence electrons. The summed E-state index contributed by atoms with van der Waals surface area (Å²) < 4.78 is 65.1. The van der Waals surface area contributed by atoms with Crippen LogP contribution in [0.25, 0.3) is 22.3 Å². The van der Waals surface area contributed by atoms with Crippen molar-refractivity contribution in [2.24, 2.45) is 5.92 Å². The number of rotatable bonds is 9. The van der Waals surface area contributed by atoms with Crippen molar-refractivity contribution in [1.82, 2.24) is 39.2 Å². The molecular weight excluding hydrogens is 577 g/mol. The molecule has 2 fully saturated rings. The Kier molecular flexibility index (Phi) is 6.78. The molecule has 5 heterocycles. The molecule has 2 N–H and O–H groups in total. The van der Waals surface area contributed by atoms with Crippen molar-refractivity contribution in [2.75, 3.05) is 29.9 Å². The van der Waals surface area contributed by atoms with Gasteiger partial charge in [0.2, 0.25) is 5.91 Å². The van der Waals surface area contributed by atoms with Crippen LogP contribution < -0.4 is 15.5 Å². The van der Waals surface area contributed by atoms with Crippen molar-refractivity contribution < 1.29 is 26.4 Å². The first kappa shape index (κ1) is 27.9. The van der Waals surface area contributed by atoms with Gasteiger partial charge in [-0.15, -0.1) is 0 Å². The van der Waals surface area contributed by atoms with Gasteiger partial charge < -0.3 is 15.5 Å². The second-order valence-corrected chi connectivity index (χ2v) is 12.7. The number of amides is 1. The standard InChI is InChI=1S/C25H27F3N10O3S/c1-14(2)38-19-7-21(30-9-18(19)23(35-38)36-10-16(11-36)24(39)31-13-25(26,27)28)33-20-5-6-29-22(34-20)15-8-32-37(12-15)42(40,41)17-3-4-17/h5-9,12,14,16-17H,3-4,10-11,13H2,1-2H3,(H,31,39)(H,29,30,33,34). The summed E-state index contributed by atoms with van der Waals surface area (Å²) in [6.45, 7) is 3.07. The van der Waals surface area contributed by atoms with Gasteiger partial charge in [0.05, 0.1) is 40.0 Å². The Labute approximate surface area is 238 Å². The number of pyridine rings is 1. The molecule has 1 aliphatic heterocycles. The van der Waals surface area contributed by atoms with Gasteiger partial charge in [0.1, 0.15) is 18.2 Å². The van der Waals surface area contributed by atoms with E-state index in [4.69, 9.17) is 5.10 Å². The van der Waals surface area contributed by atoms with Gasteiger partial charge in [-0.3, -0.25) is 9.48 Å². The molecule has 17 heteroatoms. The van der Waals surface area contributed by atoms with Crippen molar-refractivity contribution in [3.05, 3.63) is 36.9 Å². The van der Waals surface area contributed by atoms with Crippen molar-refractivity contribution in [2.45, 2.75) is 44.2 Å². The normalized spacial score (nSPS) is 16.2. The smallest absolute Gasteiger partial charge is 0.353 e. The minimum atomic E-state index is -4.46. The highest BCUT2D eigenvalue weighted by atomic mass is 32.2. The molecule has 42 heavy (non-hydrogen) atoms. The quantitative estimate of drug-likeness (QED) is 0.292. The van der Waals surface area contributed by atoms with Crippen LogP contribution >= 0.6 is 0 Å². The van der Waals surface area contributed by atoms with E-state index in [0.717, 1.165) is 15.0 Å². The van der Waals surface area contributed by atoms with Crippen LogP contribution in [0.2, 0.25) is 0 Å². The monoisotopic (exact) mass is 604 g/mol. The Balaban J connectivity index is 1.19. The number of hydrogen-bond acceptors (Lipinski definition) is 10. The van der Waals surface area contributed by atoms with Crippen LogP contribution in [0.3, 0.4) is 0 Å². The highest BCUT2D eigenvalue weighted by molar-refractivity contribution is 7.90. The molecule has 0 bridgehead atoms. The largest absolute Gasteiger partial charge is 0.405 e. The van der Waals surface area contributed by atoms with Crippen LogP contribution in [0.4, 0.5) is 30.6 Å². The molecular formula is C25H27F3N10O3S. The maximum Gasteiger partial charge on any atom is 0.405 e. The van der Waals surface area contributed by atoms with Crippen LogP contribution in [0.15, 0.2) is 36.9 Å². The van der Waals surface area contributed by atoms with E-state index in [1.807, 2.05) is 28.7 Å². The lowest BCUT2D eigenvalue weighted by atomic mass is 9.99. The number of hydrogen-bond donors (Lipinski definition) is 2. The zero-order chi connectivity index (χ0) is 29.8. The van der Waals surface area contributed by atoms with E-state index in [-0.39, 0.29) is 19.1 Å². The van der Waals surface area contributed by atoms with E-state index in [9.17, 15) is 26.4 Å². The summed E-state index contributed by atoms with van der Waals surface area (Å²) in [5, 5.41) is 14.1. The minimum absolute atomic E-state index is 0.0160. The first-order valence-corrected chi connectivity index (χ1v) is 14.8. The third-order valence-electron chi connectivity index (χ3n) is 7.01. The number of aromatic nitrogens is 7. The van der Waals surface area contributed by atoms with E-state index in [1.54, 1.807) is 18.3 Å². The van der Waals surface area contributed by atoms with E-state index in [1.165, 1.54) is 18.6 Å². The lowest BCUT2D eigenvalue weighted by Crippen LogP contribution is -2.55. The van der Waals surface area contributed by atoms with Gasteiger partial charge in [-0.25, -0.2) is 23.4 Å². The number of nitrogens with one attached hydrogen (secondary N) is 2. The Morgan fingerprint density at radius 2 is 1.90 bits per heavy atom. The molecule has 13 nitrogen and oxygen atoms in total. The molecule has 1 aliphatic carbocycles. The fourth-order valence-electron chi connectivity index (χ4n) is 4.64. The number of fused-ring (bicyclic) bond motifs is 1. The van der Waals surface area contributed by atoms with Crippen molar-refractivity contribution in [1.29, 1.82) is 0 Å². The maximum absolute atomic E-state index is 12.5. The van der Waals surface area contributed by atoms with Crippen LogP contribution in [-0.4, -0.2) is 79.3 Å². The lowest BCUT2D eigenvalue weighted by molar-refractivity contribution is -0.141. The van der Waals surface area contributed by atoms with E-state index in [2.05, 4.69) is 25.4 Å². The SMILES string of the molecule is CC(C)n1nc(N2CC(C(=O)NCC(F)(F)F)C2)c2cnc(Nc3ccnc(-c4cnn(S(=O)(=O)C5CC5)c4)n3)cc21. The van der Waals surface area contributed by atoms with Gasteiger partial charge in [-0.2, -0.15) is 27.5 Å². The van der Waals surface area contributed by atoms with E-state index < -0.39 is 39.8 Å².